The maximum Gasteiger partial charge on any atom is 0.337 e. The van der Waals surface area contributed by atoms with Gasteiger partial charge in [-0.05, 0) is 25.0 Å². The summed E-state index contributed by atoms with van der Waals surface area (Å²) in [6, 6.07) is 4.67. The lowest BCUT2D eigenvalue weighted by Crippen LogP contribution is -2.16. The zero-order valence-corrected chi connectivity index (χ0v) is 12.6. The molecular weight excluding hydrogens is 310 g/mol. The average molecular weight is 324 g/mol. The maximum absolute atomic E-state index is 11.6. The van der Waals surface area contributed by atoms with Gasteiger partial charge in [-0.1, -0.05) is 11.6 Å². The van der Waals surface area contributed by atoms with Gasteiger partial charge in [0.1, 0.15) is 10.7 Å². The molecule has 0 unspecified atom stereocenters. The molecule has 0 aromatic heterocycles. The Morgan fingerprint density at radius 2 is 2.27 bits per heavy atom. The molecule has 0 amide bonds. The Morgan fingerprint density at radius 1 is 1.59 bits per heavy atom. The molecule has 1 fully saturated rings. The van der Waals surface area contributed by atoms with Crippen LogP contribution >= 0.6 is 11.6 Å². The molecular formula is C14H14ClN3O4. The van der Waals surface area contributed by atoms with Crippen LogP contribution in [0, 0.1) is 26.9 Å². The minimum Gasteiger partial charge on any atom is -0.465 e. The predicted molar refractivity (Wildman–Crippen MR) is 79.8 cm³/mol. The van der Waals surface area contributed by atoms with Gasteiger partial charge in [-0.2, -0.15) is 5.26 Å². The molecule has 7 nitrogen and oxygen atoms in total. The molecule has 2 rings (SSSR count). The summed E-state index contributed by atoms with van der Waals surface area (Å²) in [5, 5.41) is 22.8. The summed E-state index contributed by atoms with van der Waals surface area (Å²) >= 11 is 5.92. The van der Waals surface area contributed by atoms with Gasteiger partial charge in [0.05, 0.1) is 23.7 Å². The zero-order chi connectivity index (χ0) is 16.3. The Labute approximate surface area is 132 Å². The number of nitriles is 1. The lowest BCUT2D eigenvalue weighted by Gasteiger charge is -2.14. The summed E-state index contributed by atoms with van der Waals surface area (Å²) in [5.41, 5.74) is -0.147. The zero-order valence-electron chi connectivity index (χ0n) is 11.9. The van der Waals surface area contributed by atoms with Crippen molar-refractivity contribution in [2.24, 2.45) is 5.41 Å². The van der Waals surface area contributed by atoms with E-state index in [9.17, 15) is 14.9 Å². The van der Waals surface area contributed by atoms with Crippen molar-refractivity contribution >= 4 is 28.9 Å². The van der Waals surface area contributed by atoms with Crippen molar-refractivity contribution in [2.75, 3.05) is 19.0 Å². The maximum atomic E-state index is 11.6. The molecule has 0 saturated heterocycles. The van der Waals surface area contributed by atoms with Crippen molar-refractivity contribution < 1.29 is 14.5 Å². The first-order valence-corrected chi connectivity index (χ1v) is 6.97. The van der Waals surface area contributed by atoms with E-state index in [1.807, 2.05) is 0 Å². The molecule has 1 aromatic rings. The highest BCUT2D eigenvalue weighted by Gasteiger charge is 2.42. The number of carbonyl (C=O) groups is 1. The van der Waals surface area contributed by atoms with E-state index in [0.717, 1.165) is 12.8 Å². The summed E-state index contributed by atoms with van der Waals surface area (Å²) in [5.74, 6) is -0.627. The van der Waals surface area contributed by atoms with Crippen LogP contribution in [0.5, 0.6) is 0 Å². The highest BCUT2D eigenvalue weighted by Crippen LogP contribution is 2.49. The Kier molecular flexibility index (Phi) is 4.52. The first-order valence-electron chi connectivity index (χ1n) is 6.59. The lowest BCUT2D eigenvalue weighted by atomic mass is 10.0. The molecule has 1 saturated carbocycles. The standard InChI is InChI=1S/C14H14ClN3O4/c1-22-13(19)9-6-10(15)12(18(20)21)11(7-9)17-8-14(2-3-14)4-5-16/h6-7,17H,2-4,8H2,1H3. The smallest absolute Gasteiger partial charge is 0.337 e. The van der Waals surface area contributed by atoms with E-state index in [-0.39, 0.29) is 27.4 Å². The number of benzene rings is 1. The number of rotatable bonds is 6. The second-order valence-electron chi connectivity index (χ2n) is 5.29. The Bertz CT molecular complexity index is 665. The van der Waals surface area contributed by atoms with Crippen LogP contribution in [0.2, 0.25) is 5.02 Å². The number of ether oxygens (including phenoxy) is 1. The van der Waals surface area contributed by atoms with Crippen molar-refractivity contribution in [3.05, 3.63) is 32.8 Å². The molecule has 8 heteroatoms. The molecule has 1 aromatic carbocycles. The summed E-state index contributed by atoms with van der Waals surface area (Å²) in [6.45, 7) is 0.419. The topological polar surface area (TPSA) is 105 Å². The minimum atomic E-state index is -0.627. The Balaban J connectivity index is 2.31. The van der Waals surface area contributed by atoms with E-state index in [0.29, 0.717) is 13.0 Å². The van der Waals surface area contributed by atoms with Crippen LogP contribution in [0.1, 0.15) is 29.6 Å². The number of carbonyl (C=O) groups excluding carboxylic acids is 1. The summed E-state index contributed by atoms with van der Waals surface area (Å²) in [6.07, 6.45) is 2.18. The van der Waals surface area contributed by atoms with Crippen LogP contribution in [0.25, 0.3) is 0 Å². The molecule has 116 valence electrons. The quantitative estimate of drug-likeness (QED) is 0.489. The van der Waals surface area contributed by atoms with Gasteiger partial charge in [-0.15, -0.1) is 0 Å². The molecule has 1 aliphatic carbocycles. The molecule has 0 heterocycles. The first kappa shape index (κ1) is 16.0. The number of nitro benzene ring substituents is 1. The number of halogens is 1. The number of anilines is 1. The second-order valence-corrected chi connectivity index (χ2v) is 5.70. The highest BCUT2D eigenvalue weighted by atomic mass is 35.5. The first-order chi connectivity index (χ1) is 10.4. The fraction of sp³-hybridized carbons (Fsp3) is 0.429. The van der Waals surface area contributed by atoms with Gasteiger partial charge in [0.15, 0.2) is 0 Å². The third-order valence-corrected chi connectivity index (χ3v) is 4.02. The van der Waals surface area contributed by atoms with Gasteiger partial charge < -0.3 is 10.1 Å². The fourth-order valence-corrected chi connectivity index (χ4v) is 2.49. The number of nitrogens with zero attached hydrogens (tertiary/aromatic N) is 2. The normalized spacial score (nSPS) is 14.8. The largest absolute Gasteiger partial charge is 0.465 e. The van der Waals surface area contributed by atoms with Crippen LogP contribution in [0.15, 0.2) is 12.1 Å². The molecule has 1 N–H and O–H groups in total. The van der Waals surface area contributed by atoms with Gasteiger partial charge in [-0.25, -0.2) is 4.79 Å². The molecule has 0 spiro atoms. The van der Waals surface area contributed by atoms with Crippen LogP contribution in [-0.4, -0.2) is 24.5 Å². The number of methoxy groups -OCH3 is 1. The van der Waals surface area contributed by atoms with Crippen molar-refractivity contribution in [3.63, 3.8) is 0 Å². The third kappa shape index (κ3) is 3.28. The number of esters is 1. The third-order valence-electron chi connectivity index (χ3n) is 3.73. The number of hydrogen-bond acceptors (Lipinski definition) is 6. The SMILES string of the molecule is COC(=O)c1cc(Cl)c([N+](=O)[O-])c(NCC2(CC#N)CC2)c1. The van der Waals surface area contributed by atoms with E-state index in [2.05, 4.69) is 16.1 Å². The van der Waals surface area contributed by atoms with E-state index in [1.165, 1.54) is 19.2 Å². The Hall–Kier alpha value is -2.33. The van der Waals surface area contributed by atoms with Crippen molar-refractivity contribution in [1.82, 2.24) is 0 Å². The summed E-state index contributed by atoms with van der Waals surface area (Å²) in [7, 11) is 1.22. The second kappa shape index (κ2) is 6.20. The molecule has 0 radical (unpaired) electrons. The number of nitro groups is 1. The predicted octanol–water partition coefficient (Wildman–Crippen LogP) is 3.14. The molecule has 22 heavy (non-hydrogen) atoms. The average Bonchev–Trinajstić information content (AvgIpc) is 3.23. The van der Waals surface area contributed by atoms with Gasteiger partial charge in [0.25, 0.3) is 0 Å². The lowest BCUT2D eigenvalue weighted by molar-refractivity contribution is -0.383. The van der Waals surface area contributed by atoms with Crippen molar-refractivity contribution in [2.45, 2.75) is 19.3 Å². The summed E-state index contributed by atoms with van der Waals surface area (Å²) in [4.78, 5) is 22.2. The molecule has 0 bridgehead atoms. The number of hydrogen-bond donors (Lipinski definition) is 1. The van der Waals surface area contributed by atoms with E-state index < -0.39 is 10.9 Å². The van der Waals surface area contributed by atoms with Gasteiger partial charge in [-0.3, -0.25) is 10.1 Å². The molecule has 0 atom stereocenters. The monoisotopic (exact) mass is 323 g/mol. The van der Waals surface area contributed by atoms with Crippen LogP contribution < -0.4 is 5.32 Å². The van der Waals surface area contributed by atoms with Crippen LogP contribution in [0.4, 0.5) is 11.4 Å². The molecule has 1 aliphatic rings. The van der Waals surface area contributed by atoms with Crippen LogP contribution in [0.3, 0.4) is 0 Å². The van der Waals surface area contributed by atoms with E-state index in [4.69, 9.17) is 16.9 Å². The van der Waals surface area contributed by atoms with Crippen molar-refractivity contribution in [1.29, 1.82) is 5.26 Å². The van der Waals surface area contributed by atoms with E-state index >= 15 is 0 Å². The number of nitrogens with one attached hydrogen (secondary N) is 1. The molecule has 0 aliphatic heterocycles. The summed E-state index contributed by atoms with van der Waals surface area (Å²) < 4.78 is 4.60. The fourth-order valence-electron chi connectivity index (χ4n) is 2.20. The highest BCUT2D eigenvalue weighted by molar-refractivity contribution is 6.33. The van der Waals surface area contributed by atoms with Crippen LogP contribution in [-0.2, 0) is 4.74 Å². The minimum absolute atomic E-state index is 0.130. The van der Waals surface area contributed by atoms with Gasteiger partial charge in [0.2, 0.25) is 0 Å². The van der Waals surface area contributed by atoms with Crippen molar-refractivity contribution in [3.8, 4) is 6.07 Å². The van der Waals surface area contributed by atoms with Gasteiger partial charge in [0, 0.05) is 18.4 Å². The van der Waals surface area contributed by atoms with E-state index in [1.54, 1.807) is 0 Å². The van der Waals surface area contributed by atoms with Gasteiger partial charge >= 0.3 is 11.7 Å². The Morgan fingerprint density at radius 3 is 2.77 bits per heavy atom.